The van der Waals surface area contributed by atoms with Crippen molar-refractivity contribution in [2.24, 2.45) is 0 Å². The highest BCUT2D eigenvalue weighted by Crippen LogP contribution is 2.35. The van der Waals surface area contributed by atoms with Gasteiger partial charge in [0, 0.05) is 16.7 Å². The molecule has 3 aromatic rings. The molecule has 0 saturated heterocycles. The van der Waals surface area contributed by atoms with Gasteiger partial charge in [-0.2, -0.15) is 0 Å². The molecule has 9 heteroatoms. The third kappa shape index (κ3) is 3.81. The molecule has 28 heavy (non-hydrogen) atoms. The second-order valence-corrected chi connectivity index (χ2v) is 6.82. The van der Waals surface area contributed by atoms with Crippen LogP contribution in [0.25, 0.3) is 11.3 Å². The highest BCUT2D eigenvalue weighted by Gasteiger charge is 2.15. The minimum Gasteiger partial charge on any atom is -0.454 e. The number of ether oxygens (including phenoxy) is 2. The lowest BCUT2D eigenvalue weighted by molar-refractivity contribution is -0.116. The summed E-state index contributed by atoms with van der Waals surface area (Å²) in [5.41, 5.74) is 1.19. The van der Waals surface area contributed by atoms with Crippen LogP contribution in [-0.4, -0.2) is 22.3 Å². The van der Waals surface area contributed by atoms with Gasteiger partial charge in [0.05, 0.1) is 22.7 Å². The van der Waals surface area contributed by atoms with E-state index >= 15 is 0 Å². The summed E-state index contributed by atoms with van der Waals surface area (Å²) in [5, 5.41) is 3.41. The number of rotatable bonds is 4. The predicted octanol–water partition coefficient (Wildman–Crippen LogP) is 3.58. The number of aromatic nitrogens is 2. The first-order chi connectivity index (χ1) is 13.5. The summed E-state index contributed by atoms with van der Waals surface area (Å²) in [7, 11) is 0. The first-order valence-electron chi connectivity index (χ1n) is 8.21. The van der Waals surface area contributed by atoms with Gasteiger partial charge in [0.2, 0.25) is 12.7 Å². The van der Waals surface area contributed by atoms with Crippen molar-refractivity contribution >= 4 is 34.8 Å². The molecule has 1 aliphatic heterocycles. The first kappa shape index (κ1) is 18.3. The van der Waals surface area contributed by atoms with Gasteiger partial charge in [-0.1, -0.05) is 23.2 Å². The number of benzene rings is 2. The molecule has 0 fully saturated rings. The zero-order valence-corrected chi connectivity index (χ0v) is 15.8. The van der Waals surface area contributed by atoms with Gasteiger partial charge in [0.15, 0.2) is 11.5 Å². The topological polar surface area (TPSA) is 82.5 Å². The number of fused-ring (bicyclic) bond motifs is 1. The zero-order chi connectivity index (χ0) is 19.7. The molecular formula is C19H13Cl2N3O4. The van der Waals surface area contributed by atoms with E-state index in [0.29, 0.717) is 38.5 Å². The van der Waals surface area contributed by atoms with Gasteiger partial charge in [-0.05, 0) is 36.4 Å². The molecule has 142 valence electrons. The molecule has 0 atom stereocenters. The third-order valence-corrected chi connectivity index (χ3v) is 4.63. The highest BCUT2D eigenvalue weighted by molar-refractivity contribution is 6.35. The SMILES string of the molecule is O=C(Cn1cnc(-c2ccc3c(c2)OCO3)cc1=O)Nc1cc(Cl)ccc1Cl. The number of nitrogens with one attached hydrogen (secondary N) is 1. The van der Waals surface area contributed by atoms with Crippen LogP contribution in [0.15, 0.2) is 53.6 Å². The van der Waals surface area contributed by atoms with Crippen LogP contribution in [0, 0.1) is 0 Å². The molecule has 7 nitrogen and oxygen atoms in total. The van der Waals surface area contributed by atoms with Gasteiger partial charge in [-0.25, -0.2) is 4.98 Å². The van der Waals surface area contributed by atoms with Crippen LogP contribution in [0.3, 0.4) is 0 Å². The van der Waals surface area contributed by atoms with Crippen molar-refractivity contribution in [1.82, 2.24) is 9.55 Å². The molecule has 0 radical (unpaired) electrons. The second kappa shape index (κ2) is 7.53. The lowest BCUT2D eigenvalue weighted by Crippen LogP contribution is -2.27. The van der Waals surface area contributed by atoms with Crippen LogP contribution < -0.4 is 20.3 Å². The maximum Gasteiger partial charge on any atom is 0.254 e. The van der Waals surface area contributed by atoms with E-state index < -0.39 is 5.91 Å². The van der Waals surface area contributed by atoms with Crippen LogP contribution >= 0.6 is 23.2 Å². The first-order valence-corrected chi connectivity index (χ1v) is 8.96. The molecule has 2 aromatic carbocycles. The maximum atomic E-state index is 12.4. The fraction of sp³-hybridized carbons (Fsp3) is 0.105. The number of carbonyl (C=O) groups is 1. The van der Waals surface area contributed by atoms with E-state index in [1.54, 1.807) is 30.3 Å². The molecule has 2 heterocycles. The number of carbonyl (C=O) groups excluding carboxylic acids is 1. The Labute approximate surface area is 169 Å². The Bertz CT molecular complexity index is 1130. The Morgan fingerprint density at radius 1 is 1.11 bits per heavy atom. The van der Waals surface area contributed by atoms with Crippen molar-refractivity contribution in [1.29, 1.82) is 0 Å². The lowest BCUT2D eigenvalue weighted by Gasteiger charge is -2.09. The molecule has 0 aliphatic carbocycles. The van der Waals surface area contributed by atoms with Crippen molar-refractivity contribution in [2.45, 2.75) is 6.54 Å². The molecule has 0 spiro atoms. The van der Waals surface area contributed by atoms with Crippen LogP contribution in [0.5, 0.6) is 11.5 Å². The van der Waals surface area contributed by atoms with Crippen molar-refractivity contribution < 1.29 is 14.3 Å². The monoisotopic (exact) mass is 417 g/mol. The molecular weight excluding hydrogens is 405 g/mol. The standard InChI is InChI=1S/C19H13Cl2N3O4/c20-12-2-3-13(21)15(6-12)23-18(25)8-24-9-22-14(7-19(24)26)11-1-4-16-17(5-11)28-10-27-16/h1-7,9H,8,10H2,(H,23,25). The van der Waals surface area contributed by atoms with Crippen LogP contribution in [0.2, 0.25) is 10.0 Å². The Balaban J connectivity index is 1.51. The number of halogens is 2. The van der Waals surface area contributed by atoms with Crippen molar-refractivity contribution in [3.63, 3.8) is 0 Å². The van der Waals surface area contributed by atoms with E-state index in [9.17, 15) is 9.59 Å². The number of amides is 1. The van der Waals surface area contributed by atoms with Gasteiger partial charge < -0.3 is 14.8 Å². The quantitative estimate of drug-likeness (QED) is 0.701. The summed E-state index contributed by atoms with van der Waals surface area (Å²) < 4.78 is 11.8. The maximum absolute atomic E-state index is 12.4. The lowest BCUT2D eigenvalue weighted by atomic mass is 10.1. The van der Waals surface area contributed by atoms with E-state index in [4.69, 9.17) is 32.7 Å². The summed E-state index contributed by atoms with van der Waals surface area (Å²) in [6.45, 7) is -0.0460. The predicted molar refractivity (Wildman–Crippen MR) is 105 cm³/mol. The molecule has 1 aromatic heterocycles. The van der Waals surface area contributed by atoms with Gasteiger partial charge in [0.25, 0.3) is 5.56 Å². The zero-order valence-electron chi connectivity index (χ0n) is 14.3. The number of hydrogen-bond donors (Lipinski definition) is 1. The Morgan fingerprint density at radius 2 is 1.93 bits per heavy atom. The summed E-state index contributed by atoms with van der Waals surface area (Å²) in [4.78, 5) is 28.9. The van der Waals surface area contributed by atoms with Crippen molar-refractivity contribution in [2.75, 3.05) is 12.1 Å². The molecule has 0 saturated carbocycles. The smallest absolute Gasteiger partial charge is 0.254 e. The van der Waals surface area contributed by atoms with E-state index in [0.717, 1.165) is 0 Å². The molecule has 1 amide bonds. The van der Waals surface area contributed by atoms with Gasteiger partial charge >= 0.3 is 0 Å². The number of nitrogens with zero attached hydrogens (tertiary/aromatic N) is 2. The van der Waals surface area contributed by atoms with Crippen molar-refractivity contribution in [3.05, 3.63) is 69.2 Å². The highest BCUT2D eigenvalue weighted by atomic mass is 35.5. The molecule has 0 unspecified atom stereocenters. The number of hydrogen-bond acceptors (Lipinski definition) is 5. The molecule has 0 bridgehead atoms. The van der Waals surface area contributed by atoms with Gasteiger partial charge in [-0.15, -0.1) is 0 Å². The van der Waals surface area contributed by atoms with Crippen LogP contribution in [0.4, 0.5) is 5.69 Å². The largest absolute Gasteiger partial charge is 0.454 e. The minimum atomic E-state index is -0.427. The Morgan fingerprint density at radius 3 is 2.75 bits per heavy atom. The molecule has 1 N–H and O–H groups in total. The van der Waals surface area contributed by atoms with Crippen molar-refractivity contribution in [3.8, 4) is 22.8 Å². The van der Waals surface area contributed by atoms with E-state index in [2.05, 4.69) is 10.3 Å². The number of anilines is 1. The average Bonchev–Trinajstić information content (AvgIpc) is 3.14. The summed E-state index contributed by atoms with van der Waals surface area (Å²) >= 11 is 11.9. The summed E-state index contributed by atoms with van der Waals surface area (Å²) in [6.07, 6.45) is 1.32. The Hall–Kier alpha value is -3.03. The second-order valence-electron chi connectivity index (χ2n) is 5.98. The summed E-state index contributed by atoms with van der Waals surface area (Å²) in [6, 6.07) is 11.4. The van der Waals surface area contributed by atoms with Gasteiger partial charge in [0.1, 0.15) is 6.54 Å². The van der Waals surface area contributed by atoms with E-state index in [1.807, 2.05) is 0 Å². The van der Waals surface area contributed by atoms with Crippen LogP contribution in [-0.2, 0) is 11.3 Å². The fourth-order valence-corrected chi connectivity index (χ4v) is 3.03. The normalized spacial score (nSPS) is 12.1. The molecule has 4 rings (SSSR count). The minimum absolute atomic E-state index is 0.166. The van der Waals surface area contributed by atoms with Gasteiger partial charge in [-0.3, -0.25) is 14.2 Å². The fourth-order valence-electron chi connectivity index (χ4n) is 2.70. The average molecular weight is 418 g/mol. The van der Waals surface area contributed by atoms with E-state index in [-0.39, 0.29) is 18.9 Å². The third-order valence-electron chi connectivity index (χ3n) is 4.06. The van der Waals surface area contributed by atoms with Crippen LogP contribution in [0.1, 0.15) is 0 Å². The molecule has 1 aliphatic rings. The summed E-state index contributed by atoms with van der Waals surface area (Å²) in [5.74, 6) is 0.818. The van der Waals surface area contributed by atoms with E-state index in [1.165, 1.54) is 23.0 Å². The Kier molecular flexibility index (Phi) is 4.93.